The Morgan fingerprint density at radius 1 is 1.04 bits per heavy atom. The summed E-state index contributed by atoms with van der Waals surface area (Å²) in [5, 5.41) is 0. The molecule has 0 saturated heterocycles. The summed E-state index contributed by atoms with van der Waals surface area (Å²) in [5.41, 5.74) is 1.50. The van der Waals surface area contributed by atoms with E-state index in [2.05, 4.69) is 4.72 Å². The Bertz CT molecular complexity index is 783. The first-order valence-electron chi connectivity index (χ1n) is 7.71. The maximum absolute atomic E-state index is 12.5. The van der Waals surface area contributed by atoms with Gasteiger partial charge in [0.25, 0.3) is 0 Å². The first-order chi connectivity index (χ1) is 11.3. The molecule has 1 N–H and O–H groups in total. The van der Waals surface area contributed by atoms with Gasteiger partial charge in [0.1, 0.15) is 11.5 Å². The Morgan fingerprint density at radius 3 is 2.21 bits per heavy atom. The molecule has 0 aliphatic rings. The van der Waals surface area contributed by atoms with Gasteiger partial charge in [0.2, 0.25) is 10.0 Å². The van der Waals surface area contributed by atoms with Crippen LogP contribution in [0.4, 0.5) is 0 Å². The van der Waals surface area contributed by atoms with Crippen molar-refractivity contribution in [2.45, 2.75) is 38.3 Å². The number of sulfonamides is 1. The van der Waals surface area contributed by atoms with Crippen molar-refractivity contribution in [3.05, 3.63) is 53.6 Å². The fraction of sp³-hybridized carbons (Fsp3) is 0.333. The monoisotopic (exact) mass is 349 g/mol. The number of benzene rings is 2. The molecule has 0 heterocycles. The lowest BCUT2D eigenvalue weighted by Gasteiger charge is -2.12. The summed E-state index contributed by atoms with van der Waals surface area (Å²) in [6.07, 6.45) is 0.104. The average molecular weight is 349 g/mol. The van der Waals surface area contributed by atoms with Gasteiger partial charge in [-0.2, -0.15) is 0 Å². The van der Waals surface area contributed by atoms with Crippen molar-refractivity contribution in [3.8, 4) is 11.5 Å². The zero-order chi connectivity index (χ0) is 17.7. The second kappa shape index (κ2) is 7.68. The van der Waals surface area contributed by atoms with Gasteiger partial charge >= 0.3 is 0 Å². The van der Waals surface area contributed by atoms with Crippen molar-refractivity contribution < 1.29 is 17.9 Å². The highest BCUT2D eigenvalue weighted by Crippen LogP contribution is 2.21. The standard InChI is InChI=1S/C18H23NO4S/c1-13(2)23-16-7-5-15(6-8-16)12-19-24(20,21)18-10-9-17(22-4)11-14(18)3/h5-11,13,19H,12H2,1-4H3. The molecular weight excluding hydrogens is 326 g/mol. The number of ether oxygens (including phenoxy) is 2. The van der Waals surface area contributed by atoms with Gasteiger partial charge in [-0.25, -0.2) is 13.1 Å². The second-order valence-corrected chi connectivity index (χ2v) is 7.50. The highest BCUT2D eigenvalue weighted by atomic mass is 32.2. The third-order valence-electron chi connectivity index (χ3n) is 3.43. The number of hydrogen-bond donors (Lipinski definition) is 1. The number of rotatable bonds is 7. The Kier molecular flexibility index (Phi) is 5.85. The Labute approximate surface area is 143 Å². The SMILES string of the molecule is COc1ccc(S(=O)(=O)NCc2ccc(OC(C)C)cc2)c(C)c1. The van der Waals surface area contributed by atoms with E-state index in [9.17, 15) is 8.42 Å². The molecule has 6 heteroatoms. The highest BCUT2D eigenvalue weighted by molar-refractivity contribution is 7.89. The summed E-state index contributed by atoms with van der Waals surface area (Å²) < 4.78 is 38.2. The summed E-state index contributed by atoms with van der Waals surface area (Å²) >= 11 is 0. The normalized spacial score (nSPS) is 11.5. The largest absolute Gasteiger partial charge is 0.497 e. The highest BCUT2D eigenvalue weighted by Gasteiger charge is 2.17. The van der Waals surface area contributed by atoms with Gasteiger partial charge in [-0.3, -0.25) is 0 Å². The molecule has 0 aliphatic carbocycles. The van der Waals surface area contributed by atoms with Gasteiger partial charge in [0, 0.05) is 6.54 Å². The predicted octanol–water partition coefficient (Wildman–Crippen LogP) is 3.27. The topological polar surface area (TPSA) is 64.6 Å². The molecule has 0 atom stereocenters. The molecule has 0 saturated carbocycles. The van der Waals surface area contributed by atoms with E-state index in [0.717, 1.165) is 11.3 Å². The van der Waals surface area contributed by atoms with E-state index in [0.29, 0.717) is 11.3 Å². The summed E-state index contributed by atoms with van der Waals surface area (Å²) in [7, 11) is -2.03. The molecule has 2 aromatic carbocycles. The van der Waals surface area contributed by atoms with Crippen LogP contribution in [0.25, 0.3) is 0 Å². The summed E-state index contributed by atoms with van der Waals surface area (Å²) in [4.78, 5) is 0.253. The van der Waals surface area contributed by atoms with Gasteiger partial charge in [-0.15, -0.1) is 0 Å². The van der Waals surface area contributed by atoms with Gasteiger partial charge in [-0.05, 0) is 62.2 Å². The summed E-state index contributed by atoms with van der Waals surface area (Å²) in [5.74, 6) is 1.40. The zero-order valence-electron chi connectivity index (χ0n) is 14.4. The smallest absolute Gasteiger partial charge is 0.241 e. The van der Waals surface area contributed by atoms with Crippen molar-refractivity contribution in [1.82, 2.24) is 4.72 Å². The lowest BCUT2D eigenvalue weighted by molar-refractivity contribution is 0.242. The van der Waals surface area contributed by atoms with Crippen LogP contribution in [0, 0.1) is 6.92 Å². The molecule has 0 aliphatic heterocycles. The molecule has 0 bridgehead atoms. The van der Waals surface area contributed by atoms with E-state index in [-0.39, 0.29) is 17.5 Å². The minimum atomic E-state index is -3.58. The Hall–Kier alpha value is -2.05. The fourth-order valence-corrected chi connectivity index (χ4v) is 3.51. The molecule has 0 unspecified atom stereocenters. The maximum Gasteiger partial charge on any atom is 0.241 e. The minimum absolute atomic E-state index is 0.104. The first kappa shape index (κ1) is 18.3. The molecule has 2 rings (SSSR count). The van der Waals surface area contributed by atoms with Gasteiger partial charge in [0.15, 0.2) is 0 Å². The van der Waals surface area contributed by atoms with E-state index in [4.69, 9.17) is 9.47 Å². The lowest BCUT2D eigenvalue weighted by atomic mass is 10.2. The third-order valence-corrected chi connectivity index (χ3v) is 4.99. The van der Waals surface area contributed by atoms with Crippen molar-refractivity contribution in [1.29, 1.82) is 0 Å². The van der Waals surface area contributed by atoms with E-state index >= 15 is 0 Å². The van der Waals surface area contributed by atoms with Crippen LogP contribution in [0.3, 0.4) is 0 Å². The fourth-order valence-electron chi connectivity index (χ4n) is 2.26. The number of nitrogens with one attached hydrogen (secondary N) is 1. The maximum atomic E-state index is 12.5. The van der Waals surface area contributed by atoms with Gasteiger partial charge < -0.3 is 9.47 Å². The van der Waals surface area contributed by atoms with Crippen molar-refractivity contribution >= 4 is 10.0 Å². The number of aryl methyl sites for hydroxylation is 1. The van der Waals surface area contributed by atoms with Crippen molar-refractivity contribution in [2.24, 2.45) is 0 Å². The molecule has 0 aromatic heterocycles. The molecule has 130 valence electrons. The van der Waals surface area contributed by atoms with E-state index in [1.165, 1.54) is 0 Å². The molecule has 0 radical (unpaired) electrons. The lowest BCUT2D eigenvalue weighted by Crippen LogP contribution is -2.24. The molecule has 5 nitrogen and oxygen atoms in total. The van der Waals surface area contributed by atoms with Gasteiger partial charge in [0.05, 0.1) is 18.1 Å². The number of hydrogen-bond acceptors (Lipinski definition) is 4. The zero-order valence-corrected chi connectivity index (χ0v) is 15.2. The second-order valence-electron chi connectivity index (χ2n) is 5.77. The number of methoxy groups -OCH3 is 1. The first-order valence-corrected chi connectivity index (χ1v) is 9.20. The van der Waals surface area contributed by atoms with Gasteiger partial charge in [-0.1, -0.05) is 12.1 Å². The molecule has 24 heavy (non-hydrogen) atoms. The van der Waals surface area contributed by atoms with Crippen LogP contribution in [-0.2, 0) is 16.6 Å². The molecule has 0 amide bonds. The predicted molar refractivity (Wildman–Crippen MR) is 94.0 cm³/mol. The van der Waals surface area contributed by atoms with Crippen LogP contribution in [0.5, 0.6) is 11.5 Å². The summed E-state index contributed by atoms with van der Waals surface area (Å²) in [6.45, 7) is 5.88. The average Bonchev–Trinajstić information content (AvgIpc) is 2.53. The van der Waals surface area contributed by atoms with Crippen LogP contribution in [0.15, 0.2) is 47.4 Å². The van der Waals surface area contributed by atoms with E-state index < -0.39 is 10.0 Å². The Morgan fingerprint density at radius 2 is 1.67 bits per heavy atom. The minimum Gasteiger partial charge on any atom is -0.497 e. The third kappa shape index (κ3) is 4.72. The molecule has 0 fully saturated rings. The molecule has 0 spiro atoms. The van der Waals surface area contributed by atoms with Crippen LogP contribution in [0.1, 0.15) is 25.0 Å². The van der Waals surface area contributed by atoms with Crippen molar-refractivity contribution in [2.75, 3.05) is 7.11 Å². The van der Waals surface area contributed by atoms with E-state index in [1.807, 2.05) is 38.1 Å². The van der Waals surface area contributed by atoms with Crippen LogP contribution in [0.2, 0.25) is 0 Å². The van der Waals surface area contributed by atoms with Crippen LogP contribution in [-0.4, -0.2) is 21.6 Å². The van der Waals surface area contributed by atoms with E-state index in [1.54, 1.807) is 32.2 Å². The molecule has 2 aromatic rings. The molecular formula is C18H23NO4S. The summed E-state index contributed by atoms with van der Waals surface area (Å²) in [6, 6.07) is 12.3. The van der Waals surface area contributed by atoms with Crippen LogP contribution >= 0.6 is 0 Å². The Balaban J connectivity index is 2.07. The van der Waals surface area contributed by atoms with Crippen molar-refractivity contribution in [3.63, 3.8) is 0 Å². The van der Waals surface area contributed by atoms with Crippen LogP contribution < -0.4 is 14.2 Å². The quantitative estimate of drug-likeness (QED) is 0.833.